The van der Waals surface area contributed by atoms with Crippen molar-refractivity contribution in [1.82, 2.24) is 4.98 Å². The number of nitrogens with zero attached hydrogens (tertiary/aromatic N) is 1. The Balaban J connectivity index is 0.00000208. The van der Waals surface area contributed by atoms with Gasteiger partial charge in [0.25, 0.3) is 0 Å². The second-order valence-electron chi connectivity index (χ2n) is 5.59. The van der Waals surface area contributed by atoms with Crippen molar-refractivity contribution in [3.05, 3.63) is 65.5 Å². The molecular formula is C19H17ClFNO2. The molecule has 0 atom stereocenters. The Labute approximate surface area is 145 Å². The summed E-state index contributed by atoms with van der Waals surface area (Å²) in [6.07, 6.45) is 0.419. The van der Waals surface area contributed by atoms with E-state index in [-0.39, 0.29) is 24.6 Å². The number of aliphatic carboxylic acids is 1. The Bertz CT molecular complexity index is 878. The minimum Gasteiger partial charge on any atom is -0.481 e. The number of benzene rings is 2. The van der Waals surface area contributed by atoms with Gasteiger partial charge in [0.2, 0.25) is 0 Å². The van der Waals surface area contributed by atoms with Crippen LogP contribution in [0.2, 0.25) is 0 Å². The number of aryl methyl sites for hydroxylation is 2. The fourth-order valence-corrected chi connectivity index (χ4v) is 2.59. The van der Waals surface area contributed by atoms with Crippen LogP contribution in [0.4, 0.5) is 4.39 Å². The highest BCUT2D eigenvalue weighted by atomic mass is 35.5. The summed E-state index contributed by atoms with van der Waals surface area (Å²) in [5, 5.41) is 9.73. The van der Waals surface area contributed by atoms with Crippen LogP contribution in [-0.2, 0) is 11.2 Å². The maximum atomic E-state index is 13.5. The lowest BCUT2D eigenvalue weighted by Crippen LogP contribution is -2.00. The molecule has 0 fully saturated rings. The van der Waals surface area contributed by atoms with Gasteiger partial charge in [-0.1, -0.05) is 29.8 Å². The van der Waals surface area contributed by atoms with Crippen LogP contribution in [0.1, 0.15) is 17.5 Å². The molecule has 124 valence electrons. The van der Waals surface area contributed by atoms with E-state index in [9.17, 15) is 9.18 Å². The summed E-state index contributed by atoms with van der Waals surface area (Å²) in [5.74, 6) is -1.20. The van der Waals surface area contributed by atoms with Crippen molar-refractivity contribution < 1.29 is 14.3 Å². The number of carboxylic acids is 1. The average Bonchev–Trinajstić information content (AvgIpc) is 2.52. The molecule has 0 unspecified atom stereocenters. The van der Waals surface area contributed by atoms with Gasteiger partial charge in [-0.25, -0.2) is 9.37 Å². The third kappa shape index (κ3) is 3.89. The Morgan fingerprint density at radius 1 is 1.12 bits per heavy atom. The summed E-state index contributed by atoms with van der Waals surface area (Å²) in [4.78, 5) is 15.4. The van der Waals surface area contributed by atoms with Gasteiger partial charge in [-0.15, -0.1) is 12.4 Å². The van der Waals surface area contributed by atoms with E-state index in [1.54, 1.807) is 6.07 Å². The number of rotatable bonds is 4. The van der Waals surface area contributed by atoms with Crippen LogP contribution < -0.4 is 0 Å². The van der Waals surface area contributed by atoms with E-state index >= 15 is 0 Å². The van der Waals surface area contributed by atoms with Crippen molar-refractivity contribution >= 4 is 29.3 Å². The fraction of sp³-hybridized carbons (Fsp3) is 0.158. The van der Waals surface area contributed by atoms with Gasteiger partial charge >= 0.3 is 5.97 Å². The molecule has 3 aromatic rings. The highest BCUT2D eigenvalue weighted by Crippen LogP contribution is 2.26. The van der Waals surface area contributed by atoms with Gasteiger partial charge in [-0.05, 0) is 37.1 Å². The zero-order valence-electron chi connectivity index (χ0n) is 13.1. The van der Waals surface area contributed by atoms with Gasteiger partial charge in [0.05, 0.1) is 11.2 Å². The lowest BCUT2D eigenvalue weighted by molar-refractivity contribution is -0.136. The van der Waals surface area contributed by atoms with Crippen LogP contribution in [0.5, 0.6) is 0 Å². The summed E-state index contributed by atoms with van der Waals surface area (Å²) >= 11 is 0. The molecule has 3 nitrogen and oxygen atoms in total. The van der Waals surface area contributed by atoms with E-state index < -0.39 is 5.97 Å². The van der Waals surface area contributed by atoms with Crippen molar-refractivity contribution in [3.63, 3.8) is 0 Å². The van der Waals surface area contributed by atoms with Crippen LogP contribution in [0.15, 0.2) is 48.5 Å². The van der Waals surface area contributed by atoms with Crippen molar-refractivity contribution in [1.29, 1.82) is 0 Å². The maximum absolute atomic E-state index is 13.5. The van der Waals surface area contributed by atoms with E-state index in [4.69, 9.17) is 5.11 Å². The standard InChI is InChI=1S/C19H16FNO2.ClH/c1-12-2-4-13(5-3-12)17-10-14(6-9-19(22)23)16-8-7-15(20)11-18(16)21-17;/h2-5,7-8,10-11H,6,9H2,1H3,(H,22,23);1H. The molecular weight excluding hydrogens is 329 g/mol. The Morgan fingerprint density at radius 2 is 1.83 bits per heavy atom. The lowest BCUT2D eigenvalue weighted by Gasteiger charge is -2.10. The third-order valence-electron chi connectivity index (χ3n) is 3.81. The first-order valence-corrected chi connectivity index (χ1v) is 7.41. The van der Waals surface area contributed by atoms with Crippen LogP contribution in [0.25, 0.3) is 22.2 Å². The fourth-order valence-electron chi connectivity index (χ4n) is 2.59. The minimum absolute atomic E-state index is 0. The molecule has 1 N–H and O–H groups in total. The number of pyridine rings is 1. The Kier molecular flexibility index (Phi) is 5.52. The Hall–Kier alpha value is -2.46. The average molecular weight is 346 g/mol. The number of aromatic nitrogens is 1. The number of hydrogen-bond acceptors (Lipinski definition) is 2. The highest BCUT2D eigenvalue weighted by Gasteiger charge is 2.10. The van der Waals surface area contributed by atoms with Crippen LogP contribution in [0, 0.1) is 12.7 Å². The highest BCUT2D eigenvalue weighted by molar-refractivity contribution is 5.86. The summed E-state index contributed by atoms with van der Waals surface area (Å²) in [6, 6.07) is 14.2. The molecule has 1 aromatic heterocycles. The summed E-state index contributed by atoms with van der Waals surface area (Å²) in [5.41, 5.74) is 4.21. The number of carbonyl (C=O) groups is 1. The molecule has 0 aliphatic heterocycles. The molecule has 0 bridgehead atoms. The van der Waals surface area contributed by atoms with Crippen molar-refractivity contribution in [2.24, 2.45) is 0 Å². The molecule has 3 rings (SSSR count). The molecule has 24 heavy (non-hydrogen) atoms. The SMILES string of the molecule is Cc1ccc(-c2cc(CCC(=O)O)c3ccc(F)cc3n2)cc1.Cl. The smallest absolute Gasteiger partial charge is 0.303 e. The van der Waals surface area contributed by atoms with E-state index in [0.717, 1.165) is 27.8 Å². The predicted molar refractivity (Wildman–Crippen MR) is 95.1 cm³/mol. The van der Waals surface area contributed by atoms with Crippen LogP contribution >= 0.6 is 12.4 Å². The summed E-state index contributed by atoms with van der Waals surface area (Å²) in [6.45, 7) is 2.01. The Morgan fingerprint density at radius 3 is 2.50 bits per heavy atom. The van der Waals surface area contributed by atoms with Gasteiger partial charge in [0, 0.05) is 23.4 Å². The summed E-state index contributed by atoms with van der Waals surface area (Å²) in [7, 11) is 0. The summed E-state index contributed by atoms with van der Waals surface area (Å²) < 4.78 is 13.5. The maximum Gasteiger partial charge on any atom is 0.303 e. The van der Waals surface area contributed by atoms with Crippen LogP contribution in [0.3, 0.4) is 0 Å². The largest absolute Gasteiger partial charge is 0.481 e. The molecule has 0 spiro atoms. The molecule has 0 amide bonds. The predicted octanol–water partition coefficient (Wildman–Crippen LogP) is 4.79. The van der Waals surface area contributed by atoms with Crippen molar-refractivity contribution in [2.75, 3.05) is 0 Å². The van der Waals surface area contributed by atoms with E-state index in [0.29, 0.717) is 11.9 Å². The van der Waals surface area contributed by atoms with Gasteiger partial charge in [-0.3, -0.25) is 4.79 Å². The zero-order valence-corrected chi connectivity index (χ0v) is 13.9. The zero-order chi connectivity index (χ0) is 16.4. The molecule has 5 heteroatoms. The molecule has 1 heterocycles. The van der Waals surface area contributed by atoms with E-state index in [2.05, 4.69) is 4.98 Å². The monoisotopic (exact) mass is 345 g/mol. The van der Waals surface area contributed by atoms with E-state index in [1.807, 2.05) is 37.3 Å². The molecule has 0 aliphatic rings. The topological polar surface area (TPSA) is 50.2 Å². The molecule has 2 aromatic carbocycles. The van der Waals surface area contributed by atoms with Gasteiger partial charge in [0.1, 0.15) is 5.82 Å². The molecule has 0 radical (unpaired) electrons. The molecule has 0 saturated carbocycles. The lowest BCUT2D eigenvalue weighted by atomic mass is 10.0. The first kappa shape index (κ1) is 17.9. The van der Waals surface area contributed by atoms with Crippen LogP contribution in [-0.4, -0.2) is 16.1 Å². The van der Waals surface area contributed by atoms with Crippen molar-refractivity contribution in [3.8, 4) is 11.3 Å². The van der Waals surface area contributed by atoms with E-state index in [1.165, 1.54) is 12.1 Å². The van der Waals surface area contributed by atoms with Gasteiger partial charge in [-0.2, -0.15) is 0 Å². The van der Waals surface area contributed by atoms with Crippen molar-refractivity contribution in [2.45, 2.75) is 19.8 Å². The molecule has 0 saturated heterocycles. The molecule has 0 aliphatic carbocycles. The third-order valence-corrected chi connectivity index (χ3v) is 3.81. The second-order valence-corrected chi connectivity index (χ2v) is 5.59. The number of halogens is 2. The van der Waals surface area contributed by atoms with Gasteiger partial charge < -0.3 is 5.11 Å². The minimum atomic E-state index is -0.853. The normalized spacial score (nSPS) is 10.4. The number of hydrogen-bond donors (Lipinski definition) is 1. The number of fused-ring (bicyclic) bond motifs is 1. The second kappa shape index (κ2) is 7.41. The number of carboxylic acid groups (broad SMARTS) is 1. The first-order chi connectivity index (χ1) is 11.0. The first-order valence-electron chi connectivity index (χ1n) is 7.41. The quantitative estimate of drug-likeness (QED) is 0.739. The van der Waals surface area contributed by atoms with Gasteiger partial charge in [0.15, 0.2) is 0 Å².